The first-order valence-electron chi connectivity index (χ1n) is 4.66. The number of amides is 1. The zero-order valence-electron chi connectivity index (χ0n) is 8.83. The molecule has 14 heavy (non-hydrogen) atoms. The van der Waals surface area contributed by atoms with Crippen LogP contribution < -0.4 is 5.32 Å². The SMILES string of the molecule is CC[C@@H](C)C/C(=C/C(=O)O)NC(C)=O. The zero-order chi connectivity index (χ0) is 11.1. The topological polar surface area (TPSA) is 66.4 Å². The molecule has 0 unspecified atom stereocenters. The Balaban J connectivity index is 4.40. The third kappa shape index (κ3) is 6.22. The molecule has 0 fully saturated rings. The molecule has 0 bridgehead atoms. The molecular formula is C10H17NO3. The lowest BCUT2D eigenvalue weighted by atomic mass is 10.0. The van der Waals surface area contributed by atoms with Crippen molar-refractivity contribution in [3.8, 4) is 0 Å². The van der Waals surface area contributed by atoms with E-state index in [1.54, 1.807) is 0 Å². The lowest BCUT2D eigenvalue weighted by Gasteiger charge is -2.11. The molecule has 0 radical (unpaired) electrons. The van der Waals surface area contributed by atoms with E-state index in [1.807, 2.05) is 13.8 Å². The van der Waals surface area contributed by atoms with Crippen LogP contribution in [-0.4, -0.2) is 17.0 Å². The predicted octanol–water partition coefficient (Wildman–Crippen LogP) is 1.53. The van der Waals surface area contributed by atoms with Crippen molar-refractivity contribution in [2.24, 2.45) is 5.92 Å². The minimum atomic E-state index is -1.03. The summed E-state index contributed by atoms with van der Waals surface area (Å²) in [6.07, 6.45) is 2.59. The van der Waals surface area contributed by atoms with E-state index in [9.17, 15) is 9.59 Å². The Hall–Kier alpha value is -1.32. The van der Waals surface area contributed by atoms with Gasteiger partial charge in [0.1, 0.15) is 0 Å². The van der Waals surface area contributed by atoms with Crippen LogP contribution in [0, 0.1) is 5.92 Å². The van der Waals surface area contributed by atoms with Crippen LogP contribution in [0.2, 0.25) is 0 Å². The van der Waals surface area contributed by atoms with E-state index in [0.717, 1.165) is 12.5 Å². The van der Waals surface area contributed by atoms with Crippen molar-refractivity contribution in [3.05, 3.63) is 11.8 Å². The number of carbonyl (C=O) groups is 2. The number of allylic oxidation sites excluding steroid dienone is 1. The van der Waals surface area contributed by atoms with E-state index in [-0.39, 0.29) is 5.91 Å². The maximum Gasteiger partial charge on any atom is 0.330 e. The Morgan fingerprint density at radius 1 is 1.50 bits per heavy atom. The number of hydrogen-bond donors (Lipinski definition) is 2. The van der Waals surface area contributed by atoms with Crippen LogP contribution in [0.1, 0.15) is 33.6 Å². The van der Waals surface area contributed by atoms with Crippen molar-refractivity contribution < 1.29 is 14.7 Å². The quantitative estimate of drug-likeness (QED) is 0.660. The van der Waals surface area contributed by atoms with E-state index in [0.29, 0.717) is 18.0 Å². The molecule has 0 spiro atoms. The molecule has 0 aliphatic carbocycles. The average molecular weight is 199 g/mol. The van der Waals surface area contributed by atoms with Crippen LogP contribution >= 0.6 is 0 Å². The molecule has 1 atom stereocenters. The number of carboxylic acids is 1. The van der Waals surface area contributed by atoms with Crippen LogP contribution in [0.4, 0.5) is 0 Å². The fourth-order valence-corrected chi connectivity index (χ4v) is 1.04. The van der Waals surface area contributed by atoms with E-state index < -0.39 is 5.97 Å². The second-order valence-electron chi connectivity index (χ2n) is 3.41. The molecule has 0 aromatic carbocycles. The van der Waals surface area contributed by atoms with Crippen molar-refractivity contribution >= 4 is 11.9 Å². The predicted molar refractivity (Wildman–Crippen MR) is 53.6 cm³/mol. The van der Waals surface area contributed by atoms with Crippen molar-refractivity contribution in [3.63, 3.8) is 0 Å². The van der Waals surface area contributed by atoms with E-state index in [2.05, 4.69) is 5.32 Å². The van der Waals surface area contributed by atoms with E-state index in [1.165, 1.54) is 6.92 Å². The normalized spacial score (nSPS) is 13.5. The van der Waals surface area contributed by atoms with Crippen molar-refractivity contribution in [1.82, 2.24) is 5.32 Å². The summed E-state index contributed by atoms with van der Waals surface area (Å²) in [4.78, 5) is 21.2. The summed E-state index contributed by atoms with van der Waals surface area (Å²) in [6, 6.07) is 0. The molecule has 2 N–H and O–H groups in total. The molecule has 0 aromatic heterocycles. The molecule has 0 aromatic rings. The highest BCUT2D eigenvalue weighted by atomic mass is 16.4. The van der Waals surface area contributed by atoms with Gasteiger partial charge in [0.2, 0.25) is 5.91 Å². The monoisotopic (exact) mass is 199 g/mol. The standard InChI is InChI=1S/C10H17NO3/c1-4-7(2)5-9(6-10(13)14)11-8(3)12/h6-7H,4-5H2,1-3H3,(H,11,12)(H,13,14)/b9-6-/t7-/m1/s1. The summed E-state index contributed by atoms with van der Waals surface area (Å²) in [5, 5.41) is 11.1. The number of aliphatic carboxylic acids is 1. The summed E-state index contributed by atoms with van der Waals surface area (Å²) >= 11 is 0. The van der Waals surface area contributed by atoms with Gasteiger partial charge in [0, 0.05) is 18.7 Å². The molecule has 80 valence electrons. The number of nitrogens with one attached hydrogen (secondary N) is 1. The maximum absolute atomic E-state index is 10.8. The Labute approximate surface area is 84.0 Å². The van der Waals surface area contributed by atoms with Gasteiger partial charge in [0.15, 0.2) is 0 Å². The van der Waals surface area contributed by atoms with Gasteiger partial charge in [-0.1, -0.05) is 20.3 Å². The summed E-state index contributed by atoms with van der Waals surface area (Å²) in [6.45, 7) is 5.40. The molecule has 4 nitrogen and oxygen atoms in total. The first-order chi connectivity index (χ1) is 6.45. The first kappa shape index (κ1) is 12.7. The molecule has 0 heterocycles. The molecule has 4 heteroatoms. The molecule has 0 saturated carbocycles. The zero-order valence-corrected chi connectivity index (χ0v) is 8.83. The highest BCUT2D eigenvalue weighted by molar-refractivity contribution is 5.82. The van der Waals surface area contributed by atoms with Gasteiger partial charge in [-0.15, -0.1) is 0 Å². The smallest absolute Gasteiger partial charge is 0.330 e. The molecule has 1 amide bonds. The average Bonchev–Trinajstić information content (AvgIpc) is 2.01. The van der Waals surface area contributed by atoms with Crippen molar-refractivity contribution in [2.75, 3.05) is 0 Å². The Kier molecular flexibility index (Phi) is 5.60. The molecule has 0 saturated heterocycles. The number of carboxylic acid groups (broad SMARTS) is 1. The van der Waals surface area contributed by atoms with Gasteiger partial charge in [-0.3, -0.25) is 4.79 Å². The van der Waals surface area contributed by atoms with Crippen molar-refractivity contribution in [1.29, 1.82) is 0 Å². The molecule has 0 aliphatic rings. The van der Waals surface area contributed by atoms with E-state index >= 15 is 0 Å². The summed E-state index contributed by atoms with van der Waals surface area (Å²) in [7, 11) is 0. The van der Waals surface area contributed by atoms with Gasteiger partial charge in [0.25, 0.3) is 0 Å². The van der Waals surface area contributed by atoms with Crippen LogP contribution in [0.5, 0.6) is 0 Å². The van der Waals surface area contributed by atoms with Gasteiger partial charge in [-0.25, -0.2) is 4.79 Å². The summed E-state index contributed by atoms with van der Waals surface area (Å²) < 4.78 is 0. The third-order valence-corrected chi connectivity index (χ3v) is 1.90. The van der Waals surface area contributed by atoms with Gasteiger partial charge >= 0.3 is 5.97 Å². The second kappa shape index (κ2) is 6.18. The molecular weight excluding hydrogens is 182 g/mol. The van der Waals surface area contributed by atoms with Crippen LogP contribution in [0.3, 0.4) is 0 Å². The fraction of sp³-hybridized carbons (Fsp3) is 0.600. The second-order valence-corrected chi connectivity index (χ2v) is 3.41. The van der Waals surface area contributed by atoms with Gasteiger partial charge in [0.05, 0.1) is 0 Å². The largest absolute Gasteiger partial charge is 0.478 e. The Morgan fingerprint density at radius 2 is 2.07 bits per heavy atom. The highest BCUT2D eigenvalue weighted by Crippen LogP contribution is 2.12. The summed E-state index contributed by atoms with van der Waals surface area (Å²) in [5.41, 5.74) is 0.472. The highest BCUT2D eigenvalue weighted by Gasteiger charge is 2.07. The lowest BCUT2D eigenvalue weighted by Crippen LogP contribution is -2.21. The fourth-order valence-electron chi connectivity index (χ4n) is 1.04. The van der Waals surface area contributed by atoms with Crippen LogP contribution in [-0.2, 0) is 9.59 Å². The Morgan fingerprint density at radius 3 is 2.43 bits per heavy atom. The summed E-state index contributed by atoms with van der Waals surface area (Å²) in [5.74, 6) is -0.898. The van der Waals surface area contributed by atoms with E-state index in [4.69, 9.17) is 5.11 Å². The van der Waals surface area contributed by atoms with Gasteiger partial charge < -0.3 is 10.4 Å². The molecule has 0 rings (SSSR count). The van der Waals surface area contributed by atoms with Crippen LogP contribution in [0.15, 0.2) is 11.8 Å². The number of hydrogen-bond acceptors (Lipinski definition) is 2. The van der Waals surface area contributed by atoms with Gasteiger partial charge in [-0.05, 0) is 12.3 Å². The van der Waals surface area contributed by atoms with Crippen molar-refractivity contribution in [2.45, 2.75) is 33.6 Å². The number of carbonyl (C=O) groups excluding carboxylic acids is 1. The van der Waals surface area contributed by atoms with Gasteiger partial charge in [-0.2, -0.15) is 0 Å². The maximum atomic E-state index is 10.8. The number of rotatable bonds is 5. The third-order valence-electron chi connectivity index (χ3n) is 1.90. The molecule has 0 aliphatic heterocycles. The Bertz CT molecular complexity index is 246. The lowest BCUT2D eigenvalue weighted by molar-refractivity contribution is -0.131. The minimum absolute atomic E-state index is 0.235. The first-order valence-corrected chi connectivity index (χ1v) is 4.66. The van der Waals surface area contributed by atoms with Crippen LogP contribution in [0.25, 0.3) is 0 Å². The minimum Gasteiger partial charge on any atom is -0.478 e.